The van der Waals surface area contributed by atoms with E-state index in [0.717, 1.165) is 0 Å². The van der Waals surface area contributed by atoms with Crippen LogP contribution in [-0.2, 0) is 24.2 Å². The second-order valence-electron chi connectivity index (χ2n) is 6.37. The van der Waals surface area contributed by atoms with E-state index in [2.05, 4.69) is 52.0 Å². The average Bonchev–Trinajstić information content (AvgIpc) is 3.06. The van der Waals surface area contributed by atoms with Crippen LogP contribution in [0.3, 0.4) is 0 Å². The maximum absolute atomic E-state index is 2.27. The Morgan fingerprint density at radius 2 is 1.43 bits per heavy atom. The van der Waals surface area contributed by atoms with Crippen LogP contribution in [0.15, 0.2) is 24.3 Å². The summed E-state index contributed by atoms with van der Waals surface area (Å²) in [4.78, 5) is 0. The molecule has 23 heavy (non-hydrogen) atoms. The summed E-state index contributed by atoms with van der Waals surface area (Å²) in [6, 6.07) is 0. The molecule has 3 heteroatoms. The molecule has 0 atom stereocenters. The van der Waals surface area contributed by atoms with Gasteiger partial charge < -0.3 is 24.8 Å². The zero-order valence-corrected chi connectivity index (χ0v) is 18.6. The summed E-state index contributed by atoms with van der Waals surface area (Å²) < 4.78 is 1.80. The molecule has 0 saturated heterocycles. The molecule has 2 aliphatic rings. The zero-order valence-electron chi connectivity index (χ0n) is 14.7. The Morgan fingerprint density at radius 3 is 1.78 bits per heavy atom. The van der Waals surface area contributed by atoms with E-state index >= 15 is 0 Å². The monoisotopic (exact) mass is 427 g/mol. The summed E-state index contributed by atoms with van der Waals surface area (Å²) in [5.74, 6) is 0.516. The molecule has 1 saturated carbocycles. The van der Waals surface area contributed by atoms with Gasteiger partial charge >= 0.3 is 59.5 Å². The van der Waals surface area contributed by atoms with Gasteiger partial charge in [0.25, 0.3) is 0 Å². The molecular weight excluding hydrogens is 402 g/mol. The van der Waals surface area contributed by atoms with Crippen LogP contribution in [0.5, 0.6) is 0 Å². The van der Waals surface area contributed by atoms with E-state index in [1.165, 1.54) is 59.9 Å². The van der Waals surface area contributed by atoms with E-state index in [-0.39, 0.29) is 24.8 Å². The fourth-order valence-electron chi connectivity index (χ4n) is 3.35. The summed E-state index contributed by atoms with van der Waals surface area (Å²) >= 11 is 1.69. The molecule has 0 amide bonds. The molecule has 0 N–H and O–H groups in total. The van der Waals surface area contributed by atoms with E-state index in [0.29, 0.717) is 5.92 Å². The molecule has 0 nitrogen and oxygen atoms in total. The SMILES string of the molecule is Cc1c(C)c(C2C=CC=C2)[c-](C)c1C.[Cl-].[Cl-].[Zr+2]=[C]1CCCCC1. The fraction of sp³-hybridized carbons (Fsp3) is 0.500. The first-order valence-electron chi connectivity index (χ1n) is 8.16. The molecule has 126 valence electrons. The Labute approximate surface area is 169 Å². The van der Waals surface area contributed by atoms with Crippen LogP contribution in [0.25, 0.3) is 0 Å². The van der Waals surface area contributed by atoms with Crippen LogP contribution in [0.2, 0.25) is 0 Å². The molecule has 3 rings (SSSR count). The molecule has 1 fully saturated rings. The summed E-state index contributed by atoms with van der Waals surface area (Å²) in [5.41, 5.74) is 7.39. The molecule has 0 aromatic heterocycles. The Kier molecular flexibility index (Phi) is 11.0. The third kappa shape index (κ3) is 5.87. The van der Waals surface area contributed by atoms with E-state index in [1.54, 1.807) is 27.4 Å². The second-order valence-corrected chi connectivity index (χ2v) is 8.11. The van der Waals surface area contributed by atoms with Crippen LogP contribution in [0.1, 0.15) is 65.8 Å². The molecule has 0 unspecified atom stereocenters. The van der Waals surface area contributed by atoms with Crippen LogP contribution in [0.4, 0.5) is 0 Å². The van der Waals surface area contributed by atoms with Crippen molar-refractivity contribution in [3.05, 3.63) is 52.1 Å². The number of hydrogen-bond acceptors (Lipinski definition) is 0. The van der Waals surface area contributed by atoms with Gasteiger partial charge in [-0.05, 0) is 5.92 Å². The molecule has 1 aromatic rings. The van der Waals surface area contributed by atoms with Crippen LogP contribution < -0.4 is 24.8 Å². The molecule has 0 spiro atoms. The molecule has 0 bridgehead atoms. The summed E-state index contributed by atoms with van der Waals surface area (Å²) in [7, 11) is 0. The first-order chi connectivity index (χ1) is 10.0. The third-order valence-electron chi connectivity index (χ3n) is 5.03. The maximum atomic E-state index is 2.27. The van der Waals surface area contributed by atoms with Crippen LogP contribution in [-0.4, -0.2) is 3.21 Å². The number of allylic oxidation sites excluding steroid dienone is 4. The van der Waals surface area contributed by atoms with Crippen molar-refractivity contribution in [2.75, 3.05) is 0 Å². The summed E-state index contributed by atoms with van der Waals surface area (Å²) in [6.07, 6.45) is 16.1. The van der Waals surface area contributed by atoms with Crippen molar-refractivity contribution in [2.24, 2.45) is 0 Å². The first kappa shape index (κ1) is 23.2. The van der Waals surface area contributed by atoms with Crippen molar-refractivity contribution >= 4 is 3.21 Å². The Bertz CT molecular complexity index is 533. The van der Waals surface area contributed by atoms with Crippen molar-refractivity contribution in [2.45, 2.75) is 65.7 Å². The Morgan fingerprint density at radius 1 is 0.913 bits per heavy atom. The normalized spacial score (nSPS) is 16.5. The van der Waals surface area contributed by atoms with Gasteiger partial charge in [-0.25, -0.2) is 0 Å². The summed E-state index contributed by atoms with van der Waals surface area (Å²) in [6.45, 7) is 8.93. The van der Waals surface area contributed by atoms with Gasteiger partial charge in [-0.2, -0.15) is 27.8 Å². The zero-order chi connectivity index (χ0) is 15.4. The van der Waals surface area contributed by atoms with Gasteiger partial charge in [-0.1, -0.05) is 52.0 Å². The van der Waals surface area contributed by atoms with Crippen molar-refractivity contribution in [1.82, 2.24) is 0 Å². The van der Waals surface area contributed by atoms with Gasteiger partial charge in [0, 0.05) is 0 Å². The van der Waals surface area contributed by atoms with E-state index in [1.807, 2.05) is 0 Å². The average molecular weight is 430 g/mol. The number of rotatable bonds is 1. The van der Waals surface area contributed by atoms with Crippen molar-refractivity contribution in [3.63, 3.8) is 0 Å². The van der Waals surface area contributed by atoms with Gasteiger partial charge in [0.2, 0.25) is 0 Å². The van der Waals surface area contributed by atoms with Gasteiger partial charge in [-0.3, -0.25) is 0 Å². The van der Waals surface area contributed by atoms with Crippen LogP contribution >= 0.6 is 0 Å². The molecule has 0 heterocycles. The standard InChI is InChI=1S/C14H17.C6H10.2ClH.Zr/c1-9-10(2)12(4)14(11(9)3)13-7-5-6-8-13;1-2-4-6-5-3-1;;;/h5-8,13H,1-4H3;1-5H2;2*1H;/q-1;;;;+2/p-2. The fourth-order valence-corrected chi connectivity index (χ4v) is 4.22. The second kappa shape index (κ2) is 10.9. The number of halogens is 2. The van der Waals surface area contributed by atoms with Crippen molar-refractivity contribution in [3.8, 4) is 0 Å². The molecular formula is C20H27Cl2Zr-. The predicted octanol–water partition coefficient (Wildman–Crippen LogP) is -0.474. The number of hydrogen-bond donors (Lipinski definition) is 0. The topological polar surface area (TPSA) is 0 Å². The van der Waals surface area contributed by atoms with Gasteiger partial charge in [0.15, 0.2) is 0 Å². The van der Waals surface area contributed by atoms with E-state index in [4.69, 9.17) is 0 Å². The predicted molar refractivity (Wildman–Crippen MR) is 90.1 cm³/mol. The first-order valence-corrected chi connectivity index (χ1v) is 9.39. The quantitative estimate of drug-likeness (QED) is 0.530. The molecule has 0 radical (unpaired) electrons. The van der Waals surface area contributed by atoms with Crippen molar-refractivity contribution in [1.29, 1.82) is 0 Å². The van der Waals surface area contributed by atoms with Gasteiger partial charge in [0.1, 0.15) is 0 Å². The Balaban J connectivity index is 0.000000463. The van der Waals surface area contributed by atoms with E-state index in [9.17, 15) is 0 Å². The summed E-state index contributed by atoms with van der Waals surface area (Å²) in [5, 5.41) is 0. The molecule has 2 aliphatic carbocycles. The molecule has 1 aromatic carbocycles. The minimum atomic E-state index is 0. The Hall–Kier alpha value is 0.163. The third-order valence-corrected chi connectivity index (χ3v) is 6.26. The van der Waals surface area contributed by atoms with Gasteiger partial charge in [0.05, 0.1) is 0 Å². The minimum absolute atomic E-state index is 0. The molecule has 0 aliphatic heterocycles. The van der Waals surface area contributed by atoms with Crippen LogP contribution in [0, 0.1) is 27.7 Å². The van der Waals surface area contributed by atoms with Gasteiger partial charge in [-0.15, -0.1) is 0 Å². The van der Waals surface area contributed by atoms with Crippen molar-refractivity contribution < 1.29 is 49.0 Å². The van der Waals surface area contributed by atoms with E-state index < -0.39 is 0 Å².